The topological polar surface area (TPSA) is 85.3 Å². The second-order valence-electron chi connectivity index (χ2n) is 7.56. The summed E-state index contributed by atoms with van der Waals surface area (Å²) in [6, 6.07) is 0. The summed E-state index contributed by atoms with van der Waals surface area (Å²) in [5, 5.41) is 5.61. The fourth-order valence-corrected chi connectivity index (χ4v) is 2.21. The van der Waals surface area contributed by atoms with Crippen molar-refractivity contribution in [1.82, 2.24) is 20.2 Å². The molecule has 1 aromatic rings. The molecule has 0 fully saturated rings. The minimum atomic E-state index is -0.673. The number of hydrogen-bond donors (Lipinski definition) is 2. The van der Waals surface area contributed by atoms with E-state index in [-0.39, 0.29) is 12.3 Å². The van der Waals surface area contributed by atoms with Gasteiger partial charge in [-0.25, -0.2) is 9.78 Å². The Morgan fingerprint density at radius 1 is 1.25 bits per heavy atom. The third-order valence-corrected chi connectivity index (χ3v) is 3.26. The van der Waals surface area contributed by atoms with Gasteiger partial charge < -0.3 is 19.9 Å². The summed E-state index contributed by atoms with van der Waals surface area (Å²) in [6.45, 7) is 12.3. The van der Waals surface area contributed by atoms with Gasteiger partial charge in [0.05, 0.1) is 0 Å². The first kappa shape index (κ1) is 20.0. The first-order valence-electron chi connectivity index (χ1n) is 8.24. The van der Waals surface area contributed by atoms with Gasteiger partial charge in [-0.3, -0.25) is 4.79 Å². The Morgan fingerprint density at radius 2 is 1.92 bits per heavy atom. The molecule has 2 N–H and O–H groups in total. The summed E-state index contributed by atoms with van der Waals surface area (Å²) in [4.78, 5) is 28.0. The number of aryl methyl sites for hydroxylation is 2. The van der Waals surface area contributed by atoms with Gasteiger partial charge in [0, 0.05) is 37.4 Å². The average molecular weight is 338 g/mol. The Labute approximate surface area is 144 Å². The molecule has 1 heterocycles. The number of hydrogen-bond acceptors (Lipinski definition) is 4. The number of carbonyl (C=O) groups excluding carboxylic acids is 2. The smallest absolute Gasteiger partial charge is 0.408 e. The minimum Gasteiger partial charge on any atom is -0.444 e. The van der Waals surface area contributed by atoms with E-state index in [1.54, 1.807) is 40.8 Å². The molecule has 136 valence electrons. The Hall–Kier alpha value is -2.05. The average Bonchev–Trinajstić information content (AvgIpc) is 2.76. The van der Waals surface area contributed by atoms with E-state index in [9.17, 15) is 9.59 Å². The van der Waals surface area contributed by atoms with Crippen molar-refractivity contribution in [3.63, 3.8) is 0 Å². The third-order valence-electron chi connectivity index (χ3n) is 3.26. The number of nitrogens with one attached hydrogen (secondary N) is 2. The molecule has 0 atom stereocenters. The first-order chi connectivity index (χ1) is 11.0. The lowest BCUT2D eigenvalue weighted by Gasteiger charge is -2.28. The van der Waals surface area contributed by atoms with Crippen LogP contribution in [-0.2, 0) is 16.1 Å². The highest BCUT2D eigenvalue weighted by Gasteiger charge is 2.26. The Morgan fingerprint density at radius 3 is 2.46 bits per heavy atom. The molecule has 0 unspecified atom stereocenters. The van der Waals surface area contributed by atoms with Crippen molar-refractivity contribution in [2.45, 2.75) is 72.1 Å². The van der Waals surface area contributed by atoms with Crippen LogP contribution in [0.5, 0.6) is 0 Å². The highest BCUT2D eigenvalue weighted by atomic mass is 16.6. The zero-order valence-electron chi connectivity index (χ0n) is 15.6. The van der Waals surface area contributed by atoms with E-state index in [4.69, 9.17) is 4.74 Å². The van der Waals surface area contributed by atoms with Gasteiger partial charge in [0.15, 0.2) is 0 Å². The van der Waals surface area contributed by atoms with Crippen molar-refractivity contribution in [2.24, 2.45) is 0 Å². The van der Waals surface area contributed by atoms with Crippen LogP contribution in [0, 0.1) is 6.92 Å². The van der Waals surface area contributed by atoms with Gasteiger partial charge in [0.2, 0.25) is 5.91 Å². The molecular weight excluding hydrogens is 308 g/mol. The summed E-state index contributed by atoms with van der Waals surface area (Å²) in [6.07, 6.45) is 4.18. The lowest BCUT2D eigenvalue weighted by Crippen LogP contribution is -2.48. The summed E-state index contributed by atoms with van der Waals surface area (Å²) < 4.78 is 7.26. The maximum atomic E-state index is 12.0. The normalized spacial score (nSPS) is 11.9. The summed E-state index contributed by atoms with van der Waals surface area (Å²) >= 11 is 0. The molecule has 0 aliphatic carbocycles. The molecule has 7 heteroatoms. The van der Waals surface area contributed by atoms with Crippen LogP contribution >= 0.6 is 0 Å². The molecule has 1 aromatic heterocycles. The fourth-order valence-electron chi connectivity index (χ4n) is 2.21. The van der Waals surface area contributed by atoms with E-state index in [0.29, 0.717) is 6.54 Å². The van der Waals surface area contributed by atoms with Crippen LogP contribution in [-0.4, -0.2) is 39.2 Å². The number of nitrogens with zero attached hydrogens (tertiary/aromatic N) is 2. The lowest BCUT2D eigenvalue weighted by atomic mass is 10.0. The first-order valence-corrected chi connectivity index (χ1v) is 8.24. The number of ether oxygens (including phenoxy) is 1. The number of rotatable bonds is 7. The SMILES string of the molecule is Cc1nccn1CCCNC(=O)CC(C)(C)NC(=O)OC(C)(C)C. The van der Waals surface area contributed by atoms with Crippen LogP contribution in [0.1, 0.15) is 53.3 Å². The van der Waals surface area contributed by atoms with Gasteiger partial charge in [0.25, 0.3) is 0 Å². The summed E-state index contributed by atoms with van der Waals surface area (Å²) in [7, 11) is 0. The molecule has 0 spiro atoms. The van der Waals surface area contributed by atoms with E-state index in [0.717, 1.165) is 18.8 Å². The quantitative estimate of drug-likeness (QED) is 0.748. The lowest BCUT2D eigenvalue weighted by molar-refractivity contribution is -0.122. The van der Waals surface area contributed by atoms with E-state index < -0.39 is 17.2 Å². The largest absolute Gasteiger partial charge is 0.444 e. The van der Waals surface area contributed by atoms with Gasteiger partial charge in [-0.05, 0) is 48.0 Å². The second-order valence-corrected chi connectivity index (χ2v) is 7.56. The Bertz CT molecular complexity index is 558. The molecular formula is C17H30N4O3. The van der Waals surface area contributed by atoms with Gasteiger partial charge in [-0.15, -0.1) is 0 Å². The molecule has 24 heavy (non-hydrogen) atoms. The molecule has 2 amide bonds. The van der Waals surface area contributed by atoms with Crippen LogP contribution in [0.4, 0.5) is 4.79 Å². The van der Waals surface area contributed by atoms with Crippen molar-refractivity contribution in [3.05, 3.63) is 18.2 Å². The number of imidazole rings is 1. The minimum absolute atomic E-state index is 0.0987. The highest BCUT2D eigenvalue weighted by Crippen LogP contribution is 2.12. The zero-order valence-corrected chi connectivity index (χ0v) is 15.6. The predicted octanol–water partition coefficient (Wildman–Crippen LogP) is 2.39. The second kappa shape index (κ2) is 8.17. The number of alkyl carbamates (subject to hydrolysis) is 1. The van der Waals surface area contributed by atoms with Gasteiger partial charge in [-0.1, -0.05) is 0 Å². The molecule has 0 bridgehead atoms. The predicted molar refractivity (Wildman–Crippen MR) is 92.7 cm³/mol. The van der Waals surface area contributed by atoms with Gasteiger partial charge >= 0.3 is 6.09 Å². The molecule has 0 aromatic carbocycles. The molecule has 7 nitrogen and oxygen atoms in total. The van der Waals surface area contributed by atoms with Gasteiger partial charge in [0.1, 0.15) is 11.4 Å². The number of aromatic nitrogens is 2. The summed E-state index contributed by atoms with van der Waals surface area (Å²) in [5.41, 5.74) is -1.23. The molecule has 0 aliphatic rings. The zero-order chi connectivity index (χ0) is 18.4. The highest BCUT2D eigenvalue weighted by molar-refractivity contribution is 5.78. The molecule has 0 saturated carbocycles. The fraction of sp³-hybridized carbons (Fsp3) is 0.706. The van der Waals surface area contributed by atoms with Crippen molar-refractivity contribution in [2.75, 3.05) is 6.54 Å². The van der Waals surface area contributed by atoms with Crippen LogP contribution < -0.4 is 10.6 Å². The molecule has 1 rings (SSSR count). The summed E-state index contributed by atoms with van der Waals surface area (Å²) in [5.74, 6) is 0.863. The van der Waals surface area contributed by atoms with Crippen LogP contribution in [0.15, 0.2) is 12.4 Å². The third kappa shape index (κ3) is 7.99. The van der Waals surface area contributed by atoms with E-state index in [1.807, 2.05) is 17.7 Å². The number of amides is 2. The van der Waals surface area contributed by atoms with E-state index >= 15 is 0 Å². The standard InChI is InChI=1S/C17H30N4O3/c1-13-18-9-11-21(13)10-7-8-19-14(22)12-17(5,6)20-15(23)24-16(2,3)4/h9,11H,7-8,10,12H2,1-6H3,(H,19,22)(H,20,23). The van der Waals surface area contributed by atoms with Crippen molar-refractivity contribution in [1.29, 1.82) is 0 Å². The van der Waals surface area contributed by atoms with Crippen molar-refractivity contribution >= 4 is 12.0 Å². The van der Waals surface area contributed by atoms with Crippen LogP contribution in [0.3, 0.4) is 0 Å². The Kier molecular flexibility index (Phi) is 6.81. The maximum Gasteiger partial charge on any atom is 0.408 e. The van der Waals surface area contributed by atoms with Crippen LogP contribution in [0.25, 0.3) is 0 Å². The van der Waals surface area contributed by atoms with Gasteiger partial charge in [-0.2, -0.15) is 0 Å². The Balaban J connectivity index is 2.29. The molecule has 0 saturated heterocycles. The van der Waals surface area contributed by atoms with Crippen molar-refractivity contribution < 1.29 is 14.3 Å². The van der Waals surface area contributed by atoms with E-state index in [2.05, 4.69) is 15.6 Å². The monoisotopic (exact) mass is 338 g/mol. The molecule has 0 aliphatic heterocycles. The van der Waals surface area contributed by atoms with Crippen LogP contribution in [0.2, 0.25) is 0 Å². The van der Waals surface area contributed by atoms with E-state index in [1.165, 1.54) is 0 Å². The number of carbonyl (C=O) groups is 2. The van der Waals surface area contributed by atoms with Crippen molar-refractivity contribution in [3.8, 4) is 0 Å². The maximum absolute atomic E-state index is 12.0. The molecule has 0 radical (unpaired) electrons.